The predicted molar refractivity (Wildman–Crippen MR) is 80.6 cm³/mol. The monoisotopic (exact) mass is 287 g/mol. The Labute approximate surface area is 124 Å². The number of benzene rings is 1. The lowest BCUT2D eigenvalue weighted by Crippen LogP contribution is -2.26. The van der Waals surface area contributed by atoms with E-state index < -0.39 is 0 Å². The number of hydrogen-bond acceptors (Lipinski definition) is 4. The minimum absolute atomic E-state index is 0.0134. The molecule has 0 aliphatic carbocycles. The van der Waals surface area contributed by atoms with Gasteiger partial charge in [-0.1, -0.05) is 48.3 Å². The normalized spacial score (nSPS) is 12.1. The molecule has 2 rings (SSSR count). The second-order valence-corrected chi connectivity index (χ2v) is 5.22. The van der Waals surface area contributed by atoms with E-state index in [0.29, 0.717) is 18.1 Å². The molecule has 0 saturated heterocycles. The Morgan fingerprint density at radius 2 is 2.05 bits per heavy atom. The molecule has 0 unspecified atom stereocenters. The van der Waals surface area contributed by atoms with Crippen molar-refractivity contribution in [1.82, 2.24) is 15.5 Å². The molecule has 1 atom stereocenters. The Morgan fingerprint density at radius 3 is 2.71 bits per heavy atom. The van der Waals surface area contributed by atoms with Crippen LogP contribution < -0.4 is 5.32 Å². The van der Waals surface area contributed by atoms with Crippen molar-refractivity contribution in [3.63, 3.8) is 0 Å². The highest BCUT2D eigenvalue weighted by Gasteiger charge is 2.16. The minimum Gasteiger partial charge on any atom is -0.345 e. The number of nitrogens with one attached hydrogen (secondary N) is 1. The lowest BCUT2D eigenvalue weighted by molar-refractivity contribution is -0.122. The highest BCUT2D eigenvalue weighted by atomic mass is 16.5. The number of unbranched alkanes of at least 4 members (excludes halogenated alkanes) is 1. The molecule has 0 saturated carbocycles. The topological polar surface area (TPSA) is 68.0 Å². The van der Waals surface area contributed by atoms with E-state index in [1.165, 1.54) is 5.56 Å². The van der Waals surface area contributed by atoms with Crippen LogP contribution in [0.25, 0.3) is 11.4 Å². The van der Waals surface area contributed by atoms with Gasteiger partial charge in [0.15, 0.2) is 0 Å². The molecule has 1 aromatic carbocycles. The zero-order valence-corrected chi connectivity index (χ0v) is 12.7. The van der Waals surface area contributed by atoms with Crippen molar-refractivity contribution in [3.8, 4) is 11.4 Å². The van der Waals surface area contributed by atoms with Crippen LogP contribution in [-0.2, 0) is 4.79 Å². The van der Waals surface area contributed by atoms with Crippen molar-refractivity contribution in [3.05, 3.63) is 35.7 Å². The predicted octanol–water partition coefficient (Wildman–Crippen LogP) is 3.41. The molecule has 1 N–H and O–H groups in total. The summed E-state index contributed by atoms with van der Waals surface area (Å²) in [5, 5.41) is 6.84. The molecule has 5 nitrogen and oxygen atoms in total. The van der Waals surface area contributed by atoms with Crippen LogP contribution in [0.4, 0.5) is 0 Å². The highest BCUT2D eigenvalue weighted by molar-refractivity contribution is 5.76. The van der Waals surface area contributed by atoms with Gasteiger partial charge in [0, 0.05) is 12.0 Å². The average molecular weight is 287 g/mol. The Balaban J connectivity index is 2.02. The summed E-state index contributed by atoms with van der Waals surface area (Å²) in [5.41, 5.74) is 2.08. The molecule has 21 heavy (non-hydrogen) atoms. The van der Waals surface area contributed by atoms with Crippen molar-refractivity contribution < 1.29 is 9.32 Å². The maximum atomic E-state index is 11.7. The fourth-order valence-corrected chi connectivity index (χ4v) is 1.94. The van der Waals surface area contributed by atoms with E-state index in [1.807, 2.05) is 38.1 Å². The number of hydrogen-bond donors (Lipinski definition) is 1. The molecule has 1 aromatic heterocycles. The van der Waals surface area contributed by atoms with Crippen LogP contribution in [0, 0.1) is 6.92 Å². The van der Waals surface area contributed by atoms with Gasteiger partial charge in [-0.3, -0.25) is 4.79 Å². The fraction of sp³-hybridized carbons (Fsp3) is 0.438. The van der Waals surface area contributed by atoms with E-state index in [1.54, 1.807) is 0 Å². The zero-order chi connectivity index (χ0) is 15.2. The summed E-state index contributed by atoms with van der Waals surface area (Å²) in [6, 6.07) is 7.63. The van der Waals surface area contributed by atoms with E-state index in [-0.39, 0.29) is 11.9 Å². The average Bonchev–Trinajstić information content (AvgIpc) is 2.96. The molecular formula is C16H21N3O2. The van der Waals surface area contributed by atoms with E-state index in [4.69, 9.17) is 4.52 Å². The van der Waals surface area contributed by atoms with Crippen molar-refractivity contribution in [2.24, 2.45) is 0 Å². The molecule has 0 aliphatic heterocycles. The van der Waals surface area contributed by atoms with Gasteiger partial charge in [0.25, 0.3) is 0 Å². The van der Waals surface area contributed by atoms with Gasteiger partial charge in [0.2, 0.25) is 17.6 Å². The van der Waals surface area contributed by atoms with Crippen LogP contribution in [0.1, 0.15) is 50.6 Å². The number of nitrogens with zero attached hydrogens (tertiary/aromatic N) is 2. The third-order valence-corrected chi connectivity index (χ3v) is 3.26. The molecule has 2 aromatic rings. The number of carbonyl (C=O) groups excluding carboxylic acids is 1. The summed E-state index contributed by atoms with van der Waals surface area (Å²) in [6.45, 7) is 5.93. The number of amides is 1. The van der Waals surface area contributed by atoms with Gasteiger partial charge in [-0.2, -0.15) is 4.98 Å². The molecule has 112 valence electrons. The Bertz CT molecular complexity index is 590. The van der Waals surface area contributed by atoms with Crippen LogP contribution in [-0.4, -0.2) is 16.0 Å². The SMILES string of the molecule is CCCCC(=O)N[C@@H](C)c1nc(-c2ccc(C)cc2)no1. The quantitative estimate of drug-likeness (QED) is 0.884. The first-order chi connectivity index (χ1) is 10.1. The van der Waals surface area contributed by atoms with Gasteiger partial charge < -0.3 is 9.84 Å². The summed E-state index contributed by atoms with van der Waals surface area (Å²) in [7, 11) is 0. The Hall–Kier alpha value is -2.17. The van der Waals surface area contributed by atoms with E-state index in [0.717, 1.165) is 18.4 Å². The number of rotatable bonds is 6. The highest BCUT2D eigenvalue weighted by Crippen LogP contribution is 2.19. The van der Waals surface area contributed by atoms with Gasteiger partial charge in [-0.15, -0.1) is 0 Å². The molecule has 1 amide bonds. The smallest absolute Gasteiger partial charge is 0.249 e. The fourth-order valence-electron chi connectivity index (χ4n) is 1.94. The maximum Gasteiger partial charge on any atom is 0.249 e. The Kier molecular flexibility index (Phi) is 5.09. The van der Waals surface area contributed by atoms with Crippen LogP contribution in [0.5, 0.6) is 0 Å². The number of aryl methyl sites for hydroxylation is 1. The van der Waals surface area contributed by atoms with E-state index >= 15 is 0 Å². The minimum atomic E-state index is -0.277. The molecule has 0 bridgehead atoms. The molecule has 0 aliphatic rings. The molecule has 0 fully saturated rings. The van der Waals surface area contributed by atoms with Gasteiger partial charge >= 0.3 is 0 Å². The summed E-state index contributed by atoms with van der Waals surface area (Å²) in [4.78, 5) is 16.0. The van der Waals surface area contributed by atoms with Gasteiger partial charge in [-0.25, -0.2) is 0 Å². The lowest BCUT2D eigenvalue weighted by atomic mass is 10.1. The number of aromatic nitrogens is 2. The lowest BCUT2D eigenvalue weighted by Gasteiger charge is -2.08. The summed E-state index contributed by atoms with van der Waals surface area (Å²) >= 11 is 0. The van der Waals surface area contributed by atoms with Crippen LogP contribution in [0.2, 0.25) is 0 Å². The number of carbonyl (C=O) groups is 1. The van der Waals surface area contributed by atoms with E-state index in [9.17, 15) is 4.79 Å². The van der Waals surface area contributed by atoms with Crippen molar-refractivity contribution >= 4 is 5.91 Å². The summed E-state index contributed by atoms with van der Waals surface area (Å²) < 4.78 is 5.24. The molecule has 0 spiro atoms. The molecule has 1 heterocycles. The van der Waals surface area contributed by atoms with Crippen molar-refractivity contribution in [2.45, 2.75) is 46.1 Å². The largest absolute Gasteiger partial charge is 0.345 e. The first-order valence-corrected chi connectivity index (χ1v) is 7.30. The second kappa shape index (κ2) is 7.02. The van der Waals surface area contributed by atoms with Crippen molar-refractivity contribution in [1.29, 1.82) is 0 Å². The third kappa shape index (κ3) is 4.15. The van der Waals surface area contributed by atoms with Crippen LogP contribution in [0.3, 0.4) is 0 Å². The van der Waals surface area contributed by atoms with Crippen LogP contribution in [0.15, 0.2) is 28.8 Å². The van der Waals surface area contributed by atoms with Gasteiger partial charge in [0.1, 0.15) is 6.04 Å². The molecule has 0 radical (unpaired) electrons. The zero-order valence-electron chi connectivity index (χ0n) is 12.7. The van der Waals surface area contributed by atoms with Crippen molar-refractivity contribution in [2.75, 3.05) is 0 Å². The Morgan fingerprint density at radius 1 is 1.33 bits per heavy atom. The summed E-state index contributed by atoms with van der Waals surface area (Å²) in [5.74, 6) is 0.981. The first kappa shape index (κ1) is 15.2. The second-order valence-electron chi connectivity index (χ2n) is 5.22. The first-order valence-electron chi connectivity index (χ1n) is 7.30. The molecular weight excluding hydrogens is 266 g/mol. The maximum absolute atomic E-state index is 11.7. The van der Waals surface area contributed by atoms with Gasteiger partial charge in [-0.05, 0) is 20.3 Å². The van der Waals surface area contributed by atoms with Gasteiger partial charge in [0.05, 0.1) is 0 Å². The third-order valence-electron chi connectivity index (χ3n) is 3.26. The van der Waals surface area contributed by atoms with E-state index in [2.05, 4.69) is 22.4 Å². The summed E-state index contributed by atoms with van der Waals surface area (Å²) in [6.07, 6.45) is 2.41. The molecule has 5 heteroatoms. The van der Waals surface area contributed by atoms with Crippen LogP contribution >= 0.6 is 0 Å². The standard InChI is InChI=1S/C16H21N3O2/c1-4-5-6-14(20)17-12(3)16-18-15(19-21-16)13-9-7-11(2)8-10-13/h7-10,12H,4-6H2,1-3H3,(H,17,20)/t12-/m0/s1.